The number of rotatable bonds is 59. The van der Waals surface area contributed by atoms with E-state index >= 15 is 0 Å². The molecular formula is C60H123NO7P+. The number of unbranched alkanes of at least 4 members (excludes halogenated alkanes) is 45. The van der Waals surface area contributed by atoms with Gasteiger partial charge in [0.25, 0.3) is 0 Å². The summed E-state index contributed by atoms with van der Waals surface area (Å²) < 4.78 is 35.3. The van der Waals surface area contributed by atoms with Crippen LogP contribution in [0.3, 0.4) is 0 Å². The number of phosphoric ester groups is 1. The van der Waals surface area contributed by atoms with Crippen LogP contribution in [0.5, 0.6) is 0 Å². The lowest BCUT2D eigenvalue weighted by Crippen LogP contribution is -2.37. The molecule has 0 aliphatic heterocycles. The van der Waals surface area contributed by atoms with Crippen molar-refractivity contribution in [3.05, 3.63) is 0 Å². The second kappa shape index (κ2) is 53.8. The molecule has 0 rings (SSSR count). The first kappa shape index (κ1) is 68.5. The van der Waals surface area contributed by atoms with E-state index in [0.29, 0.717) is 24.1 Å². The first-order valence-electron chi connectivity index (χ1n) is 30.8. The third-order valence-corrected chi connectivity index (χ3v) is 15.2. The van der Waals surface area contributed by atoms with Crippen LogP contribution in [-0.2, 0) is 27.9 Å². The highest BCUT2D eigenvalue weighted by atomic mass is 31.2. The van der Waals surface area contributed by atoms with Crippen LogP contribution in [0.25, 0.3) is 0 Å². The van der Waals surface area contributed by atoms with Gasteiger partial charge in [0, 0.05) is 13.0 Å². The SMILES string of the molecule is CCCCCCCCCCCCCCCCCCCCCCCCCCCOCC(COP(=O)(O)OCC[N+](C)(C)C)OC(=O)CCCCCCCCCCCCCCCCCCCCCCCC. The van der Waals surface area contributed by atoms with Gasteiger partial charge in [0.15, 0.2) is 0 Å². The molecule has 0 fully saturated rings. The number of hydrogen-bond acceptors (Lipinski definition) is 6. The van der Waals surface area contributed by atoms with Crippen LogP contribution in [0.2, 0.25) is 0 Å². The first-order chi connectivity index (χ1) is 33.6. The molecule has 0 bridgehead atoms. The minimum atomic E-state index is -4.28. The molecule has 0 spiro atoms. The Hall–Kier alpha value is -0.500. The molecule has 0 heterocycles. The van der Waals surface area contributed by atoms with Crippen molar-refractivity contribution in [1.29, 1.82) is 0 Å². The van der Waals surface area contributed by atoms with Gasteiger partial charge in [0.05, 0.1) is 34.4 Å². The zero-order chi connectivity index (χ0) is 50.5. The topological polar surface area (TPSA) is 91.3 Å². The molecule has 414 valence electrons. The van der Waals surface area contributed by atoms with Crippen molar-refractivity contribution in [3.63, 3.8) is 0 Å². The van der Waals surface area contributed by atoms with E-state index in [1.54, 1.807) is 0 Å². The van der Waals surface area contributed by atoms with Crippen LogP contribution in [0.1, 0.15) is 322 Å². The van der Waals surface area contributed by atoms with Crippen LogP contribution in [-0.4, -0.2) is 75.6 Å². The number of nitrogens with zero attached hydrogens (tertiary/aromatic N) is 1. The molecular weight excluding hydrogens is 878 g/mol. The Labute approximate surface area is 431 Å². The smallest absolute Gasteiger partial charge is 0.457 e. The maximum Gasteiger partial charge on any atom is 0.472 e. The lowest BCUT2D eigenvalue weighted by atomic mass is 10.0. The number of esters is 1. The second-order valence-electron chi connectivity index (χ2n) is 22.5. The Kier molecular flexibility index (Phi) is 53.4. The number of ether oxygens (including phenoxy) is 2. The van der Waals surface area contributed by atoms with Crippen LogP contribution >= 0.6 is 7.82 Å². The number of phosphoric acid groups is 1. The third kappa shape index (κ3) is 58.3. The average molecular weight is 1000 g/mol. The summed E-state index contributed by atoms with van der Waals surface area (Å²) in [6.07, 6.45) is 63.2. The minimum Gasteiger partial charge on any atom is -0.457 e. The van der Waals surface area contributed by atoms with Crippen LogP contribution in [0.15, 0.2) is 0 Å². The predicted molar refractivity (Wildman–Crippen MR) is 298 cm³/mol. The number of carbonyl (C=O) groups is 1. The van der Waals surface area contributed by atoms with E-state index in [-0.39, 0.29) is 25.8 Å². The monoisotopic (exact) mass is 1000 g/mol. The summed E-state index contributed by atoms with van der Waals surface area (Å²) in [7, 11) is 1.70. The summed E-state index contributed by atoms with van der Waals surface area (Å²) in [5.74, 6) is -0.302. The van der Waals surface area contributed by atoms with E-state index in [1.807, 2.05) is 21.1 Å². The van der Waals surface area contributed by atoms with Crippen molar-refractivity contribution in [2.45, 2.75) is 328 Å². The van der Waals surface area contributed by atoms with Gasteiger partial charge in [-0.1, -0.05) is 303 Å². The molecule has 0 radical (unpaired) electrons. The van der Waals surface area contributed by atoms with Gasteiger partial charge in [-0.05, 0) is 12.8 Å². The van der Waals surface area contributed by atoms with Gasteiger partial charge in [0.1, 0.15) is 19.3 Å². The van der Waals surface area contributed by atoms with E-state index < -0.39 is 13.9 Å². The molecule has 1 N–H and O–H groups in total. The molecule has 69 heavy (non-hydrogen) atoms. The number of carbonyl (C=O) groups excluding carboxylic acids is 1. The average Bonchev–Trinajstić information content (AvgIpc) is 3.31. The van der Waals surface area contributed by atoms with Crippen molar-refractivity contribution < 1.29 is 37.3 Å². The minimum absolute atomic E-state index is 0.0946. The molecule has 2 atom stereocenters. The van der Waals surface area contributed by atoms with Crippen LogP contribution in [0.4, 0.5) is 0 Å². The van der Waals surface area contributed by atoms with Crippen molar-refractivity contribution >= 4 is 13.8 Å². The largest absolute Gasteiger partial charge is 0.472 e. The Morgan fingerprint density at radius 2 is 0.667 bits per heavy atom. The zero-order valence-corrected chi connectivity index (χ0v) is 48.2. The summed E-state index contributed by atoms with van der Waals surface area (Å²) in [5, 5.41) is 0. The van der Waals surface area contributed by atoms with Crippen LogP contribution < -0.4 is 0 Å². The number of likely N-dealkylation sites (N-methyl/N-ethyl adjacent to an activating group) is 1. The van der Waals surface area contributed by atoms with Crippen LogP contribution in [0, 0.1) is 0 Å². The number of quaternary nitrogens is 1. The van der Waals surface area contributed by atoms with E-state index in [4.69, 9.17) is 18.5 Å². The Morgan fingerprint density at radius 1 is 0.391 bits per heavy atom. The van der Waals surface area contributed by atoms with Gasteiger partial charge in [-0.3, -0.25) is 13.8 Å². The molecule has 0 aromatic rings. The highest BCUT2D eigenvalue weighted by Gasteiger charge is 2.26. The molecule has 2 unspecified atom stereocenters. The van der Waals surface area contributed by atoms with Gasteiger partial charge in [-0.2, -0.15) is 0 Å². The lowest BCUT2D eigenvalue weighted by Gasteiger charge is -2.24. The fourth-order valence-electron chi connectivity index (χ4n) is 9.44. The highest BCUT2D eigenvalue weighted by molar-refractivity contribution is 7.47. The summed E-state index contributed by atoms with van der Waals surface area (Å²) in [6, 6.07) is 0. The Balaban J connectivity index is 3.97. The summed E-state index contributed by atoms with van der Waals surface area (Å²) in [5.41, 5.74) is 0. The molecule has 0 amide bonds. The lowest BCUT2D eigenvalue weighted by molar-refractivity contribution is -0.870. The zero-order valence-electron chi connectivity index (χ0n) is 47.3. The molecule has 0 aromatic heterocycles. The van der Waals surface area contributed by atoms with Gasteiger partial charge in [-0.25, -0.2) is 4.57 Å². The Morgan fingerprint density at radius 3 is 0.957 bits per heavy atom. The molecule has 0 aromatic carbocycles. The van der Waals surface area contributed by atoms with Gasteiger partial charge >= 0.3 is 13.8 Å². The fraction of sp³-hybridized carbons (Fsp3) is 0.983. The van der Waals surface area contributed by atoms with Crippen molar-refractivity contribution in [3.8, 4) is 0 Å². The maximum atomic E-state index is 12.8. The number of hydrogen-bond donors (Lipinski definition) is 1. The summed E-state index contributed by atoms with van der Waals surface area (Å²) >= 11 is 0. The molecule has 0 aliphatic rings. The maximum absolute atomic E-state index is 12.8. The van der Waals surface area contributed by atoms with E-state index in [0.717, 1.165) is 32.1 Å². The molecule has 9 heteroatoms. The molecule has 8 nitrogen and oxygen atoms in total. The van der Waals surface area contributed by atoms with Gasteiger partial charge in [-0.15, -0.1) is 0 Å². The predicted octanol–water partition coefficient (Wildman–Crippen LogP) is 19.5. The van der Waals surface area contributed by atoms with Gasteiger partial charge in [0.2, 0.25) is 0 Å². The van der Waals surface area contributed by atoms with Crippen molar-refractivity contribution in [1.82, 2.24) is 0 Å². The van der Waals surface area contributed by atoms with E-state index in [9.17, 15) is 14.3 Å². The normalized spacial score (nSPS) is 13.3. The molecule has 0 saturated heterocycles. The van der Waals surface area contributed by atoms with Crippen molar-refractivity contribution in [2.24, 2.45) is 0 Å². The Bertz CT molecular complexity index is 1070. The van der Waals surface area contributed by atoms with Crippen molar-refractivity contribution in [2.75, 3.05) is 54.1 Å². The third-order valence-electron chi connectivity index (χ3n) is 14.2. The first-order valence-corrected chi connectivity index (χ1v) is 32.3. The highest BCUT2D eigenvalue weighted by Crippen LogP contribution is 2.43. The van der Waals surface area contributed by atoms with E-state index in [1.165, 1.54) is 270 Å². The second-order valence-corrected chi connectivity index (χ2v) is 23.9. The summed E-state index contributed by atoms with van der Waals surface area (Å²) in [4.78, 5) is 23.1. The quantitative estimate of drug-likeness (QED) is 0.0281. The molecule has 0 saturated carbocycles. The van der Waals surface area contributed by atoms with E-state index in [2.05, 4.69) is 13.8 Å². The summed E-state index contributed by atoms with van der Waals surface area (Å²) in [6.45, 7) is 5.73. The standard InChI is InChI=1S/C60H122NO7P/c1-6-8-10-12-14-16-18-20-22-24-26-28-30-31-32-34-36-38-40-42-44-46-48-50-52-55-65-57-59(58-67-69(63,64)66-56-54-61(3,4)5)68-60(62)53-51-49-47-45-43-41-39-37-35-33-29-27-25-23-21-19-17-15-13-11-9-7-2/h59H,6-58H2,1-5H3/p+1. The molecule has 0 aliphatic carbocycles. The fourth-order valence-corrected chi connectivity index (χ4v) is 10.2. The van der Waals surface area contributed by atoms with Gasteiger partial charge < -0.3 is 18.9 Å².